The van der Waals surface area contributed by atoms with Crippen molar-refractivity contribution >= 4 is 6.47 Å². The third kappa shape index (κ3) is 2.59. The Morgan fingerprint density at radius 1 is 1.29 bits per heavy atom. The lowest BCUT2D eigenvalue weighted by atomic mass is 10.0. The second-order valence-electron chi connectivity index (χ2n) is 3.55. The minimum atomic E-state index is -0.105. The maximum Gasteiger partial charge on any atom is 0.293 e. The molecule has 2 heteroatoms. The van der Waals surface area contributed by atoms with Crippen LogP contribution in [0.5, 0.6) is 0 Å². The number of carbonyl (C=O) groups excluding carboxylic acids is 1. The van der Waals surface area contributed by atoms with Crippen molar-refractivity contribution in [2.45, 2.75) is 33.3 Å². The van der Waals surface area contributed by atoms with Gasteiger partial charge in [-0.2, -0.15) is 0 Å². The fourth-order valence-corrected chi connectivity index (χ4v) is 1.67. The normalized spacial score (nSPS) is 12.2. The van der Waals surface area contributed by atoms with Gasteiger partial charge in [-0.25, -0.2) is 0 Å². The van der Waals surface area contributed by atoms with Gasteiger partial charge in [0.05, 0.1) is 0 Å². The first kappa shape index (κ1) is 10.8. The second kappa shape index (κ2) is 4.80. The van der Waals surface area contributed by atoms with Gasteiger partial charge in [-0.15, -0.1) is 0 Å². The fourth-order valence-electron chi connectivity index (χ4n) is 1.67. The summed E-state index contributed by atoms with van der Waals surface area (Å²) in [4.78, 5) is 10.3. The molecule has 0 saturated carbocycles. The van der Waals surface area contributed by atoms with Gasteiger partial charge in [0.25, 0.3) is 6.47 Å². The van der Waals surface area contributed by atoms with E-state index in [1.165, 1.54) is 11.1 Å². The van der Waals surface area contributed by atoms with E-state index in [0.29, 0.717) is 6.47 Å². The molecule has 14 heavy (non-hydrogen) atoms. The van der Waals surface area contributed by atoms with Gasteiger partial charge in [0.1, 0.15) is 6.10 Å². The van der Waals surface area contributed by atoms with Crippen LogP contribution in [0.4, 0.5) is 0 Å². The van der Waals surface area contributed by atoms with Gasteiger partial charge in [-0.1, -0.05) is 36.2 Å². The van der Waals surface area contributed by atoms with Crippen LogP contribution in [0.15, 0.2) is 18.2 Å². The average molecular weight is 192 g/mol. The fraction of sp³-hybridized carbons (Fsp3) is 0.417. The van der Waals surface area contributed by atoms with Crippen molar-refractivity contribution < 1.29 is 9.53 Å². The number of benzene rings is 1. The molecular formula is C12H16O2. The Kier molecular flexibility index (Phi) is 3.69. The minimum absolute atomic E-state index is 0.105. The van der Waals surface area contributed by atoms with Crippen LogP contribution in [0.2, 0.25) is 0 Å². The highest BCUT2D eigenvalue weighted by Crippen LogP contribution is 2.22. The van der Waals surface area contributed by atoms with E-state index in [9.17, 15) is 4.79 Å². The van der Waals surface area contributed by atoms with Crippen LogP contribution in [0.25, 0.3) is 0 Å². The molecule has 76 valence electrons. The number of hydrogen-bond donors (Lipinski definition) is 0. The average Bonchev–Trinajstić information content (AvgIpc) is 2.12. The third-order valence-corrected chi connectivity index (χ3v) is 2.21. The monoisotopic (exact) mass is 192 g/mol. The Labute approximate surface area is 84.9 Å². The van der Waals surface area contributed by atoms with Crippen molar-refractivity contribution in [2.75, 3.05) is 0 Å². The van der Waals surface area contributed by atoms with E-state index in [0.717, 1.165) is 12.0 Å². The predicted octanol–water partition coefficient (Wildman–Crippen LogP) is 2.93. The van der Waals surface area contributed by atoms with Crippen LogP contribution in [-0.4, -0.2) is 6.47 Å². The lowest BCUT2D eigenvalue weighted by Gasteiger charge is -2.14. The Morgan fingerprint density at radius 2 is 1.86 bits per heavy atom. The number of carbonyl (C=O) groups is 1. The molecule has 1 rings (SSSR count). The summed E-state index contributed by atoms with van der Waals surface area (Å²) in [6, 6.07) is 6.23. The molecule has 0 spiro atoms. The quantitative estimate of drug-likeness (QED) is 0.685. The van der Waals surface area contributed by atoms with E-state index in [-0.39, 0.29) is 6.10 Å². The second-order valence-corrected chi connectivity index (χ2v) is 3.55. The van der Waals surface area contributed by atoms with Crippen molar-refractivity contribution in [3.05, 3.63) is 34.9 Å². The highest BCUT2D eigenvalue weighted by atomic mass is 16.5. The minimum Gasteiger partial charge on any atom is -0.460 e. The summed E-state index contributed by atoms with van der Waals surface area (Å²) in [6.07, 6.45) is 0.702. The zero-order valence-electron chi connectivity index (χ0n) is 8.91. The first-order valence-electron chi connectivity index (χ1n) is 4.84. The maximum absolute atomic E-state index is 10.3. The molecule has 0 radical (unpaired) electrons. The smallest absolute Gasteiger partial charge is 0.293 e. The molecule has 1 aromatic rings. The van der Waals surface area contributed by atoms with E-state index in [1.807, 2.05) is 20.8 Å². The van der Waals surface area contributed by atoms with Gasteiger partial charge in [-0.05, 0) is 25.8 Å². The molecule has 1 unspecified atom stereocenters. The standard InChI is InChI=1S/C12H16O2/c1-4-12(14-8-13)11-6-9(2)5-10(3)7-11/h5-8,12H,4H2,1-3H3. The van der Waals surface area contributed by atoms with Crippen molar-refractivity contribution in [1.82, 2.24) is 0 Å². The van der Waals surface area contributed by atoms with Gasteiger partial charge in [0, 0.05) is 0 Å². The van der Waals surface area contributed by atoms with Crippen LogP contribution >= 0.6 is 0 Å². The molecular weight excluding hydrogens is 176 g/mol. The summed E-state index contributed by atoms with van der Waals surface area (Å²) in [6.45, 7) is 6.62. The van der Waals surface area contributed by atoms with Crippen molar-refractivity contribution in [2.24, 2.45) is 0 Å². The van der Waals surface area contributed by atoms with E-state index >= 15 is 0 Å². The van der Waals surface area contributed by atoms with Crippen LogP contribution in [0.1, 0.15) is 36.1 Å². The summed E-state index contributed by atoms with van der Waals surface area (Å²) in [5, 5.41) is 0. The summed E-state index contributed by atoms with van der Waals surface area (Å²) in [7, 11) is 0. The number of ether oxygens (including phenoxy) is 1. The molecule has 0 aromatic heterocycles. The number of rotatable bonds is 4. The largest absolute Gasteiger partial charge is 0.460 e. The molecule has 1 atom stereocenters. The Hall–Kier alpha value is -1.31. The lowest BCUT2D eigenvalue weighted by molar-refractivity contribution is -0.134. The van der Waals surface area contributed by atoms with Crippen LogP contribution in [0, 0.1) is 13.8 Å². The van der Waals surface area contributed by atoms with Gasteiger partial charge in [-0.3, -0.25) is 4.79 Å². The van der Waals surface area contributed by atoms with E-state index in [1.54, 1.807) is 0 Å². The van der Waals surface area contributed by atoms with Gasteiger partial charge in [0.15, 0.2) is 0 Å². The zero-order chi connectivity index (χ0) is 10.6. The van der Waals surface area contributed by atoms with E-state index < -0.39 is 0 Å². The van der Waals surface area contributed by atoms with E-state index in [2.05, 4.69) is 18.2 Å². The molecule has 0 aliphatic rings. The summed E-state index contributed by atoms with van der Waals surface area (Å²) in [5.74, 6) is 0. The summed E-state index contributed by atoms with van der Waals surface area (Å²) < 4.78 is 5.01. The SMILES string of the molecule is CCC(OC=O)c1cc(C)cc(C)c1. The lowest BCUT2D eigenvalue weighted by Crippen LogP contribution is -2.02. The molecule has 0 bridgehead atoms. The summed E-state index contributed by atoms with van der Waals surface area (Å²) in [5.41, 5.74) is 3.48. The molecule has 2 nitrogen and oxygen atoms in total. The topological polar surface area (TPSA) is 26.3 Å². The Bertz CT molecular complexity index is 298. The van der Waals surface area contributed by atoms with Crippen LogP contribution in [0.3, 0.4) is 0 Å². The van der Waals surface area contributed by atoms with E-state index in [4.69, 9.17) is 4.74 Å². The van der Waals surface area contributed by atoms with Crippen molar-refractivity contribution in [3.63, 3.8) is 0 Å². The third-order valence-electron chi connectivity index (χ3n) is 2.21. The van der Waals surface area contributed by atoms with Crippen LogP contribution < -0.4 is 0 Å². The maximum atomic E-state index is 10.3. The molecule has 0 aliphatic carbocycles. The van der Waals surface area contributed by atoms with Gasteiger partial charge >= 0.3 is 0 Å². The van der Waals surface area contributed by atoms with Crippen molar-refractivity contribution in [1.29, 1.82) is 0 Å². The Balaban J connectivity index is 2.96. The molecule has 0 N–H and O–H groups in total. The Morgan fingerprint density at radius 3 is 2.29 bits per heavy atom. The number of aryl methyl sites for hydroxylation is 2. The molecule has 0 heterocycles. The van der Waals surface area contributed by atoms with Gasteiger partial charge < -0.3 is 4.74 Å². The zero-order valence-corrected chi connectivity index (χ0v) is 8.91. The molecule has 0 saturated heterocycles. The van der Waals surface area contributed by atoms with Crippen LogP contribution in [-0.2, 0) is 9.53 Å². The first-order valence-corrected chi connectivity index (χ1v) is 4.84. The predicted molar refractivity (Wildman–Crippen MR) is 56.1 cm³/mol. The first-order chi connectivity index (χ1) is 6.67. The number of hydrogen-bond acceptors (Lipinski definition) is 2. The molecule has 0 fully saturated rings. The molecule has 0 amide bonds. The highest BCUT2D eigenvalue weighted by Gasteiger charge is 2.09. The van der Waals surface area contributed by atoms with Crippen molar-refractivity contribution in [3.8, 4) is 0 Å². The molecule has 0 aliphatic heterocycles. The molecule has 1 aromatic carbocycles. The summed E-state index contributed by atoms with van der Waals surface area (Å²) >= 11 is 0. The highest BCUT2D eigenvalue weighted by molar-refractivity contribution is 5.39. The van der Waals surface area contributed by atoms with Gasteiger partial charge in [0.2, 0.25) is 0 Å².